The number of rotatable bonds is 14. The van der Waals surface area contributed by atoms with Gasteiger partial charge in [0, 0.05) is 0 Å². The summed E-state index contributed by atoms with van der Waals surface area (Å²) in [6, 6.07) is 5.04. The number of hydrogen-bond acceptors (Lipinski definition) is 6. The Hall–Kier alpha value is -2.08. The summed E-state index contributed by atoms with van der Waals surface area (Å²) in [6.07, 6.45) is 12.3. The summed E-state index contributed by atoms with van der Waals surface area (Å²) in [5, 5.41) is 9.97. The summed E-state index contributed by atoms with van der Waals surface area (Å²) in [5.74, 6) is -2.66. The van der Waals surface area contributed by atoms with Crippen molar-refractivity contribution in [3.8, 4) is 5.75 Å². The number of fused-ring (bicyclic) bond motifs is 1. The highest BCUT2D eigenvalue weighted by Crippen LogP contribution is 2.42. The fraction of sp³-hybridized carbons (Fsp3) is 0.692. The normalized spacial score (nSPS) is 17.7. The van der Waals surface area contributed by atoms with Crippen molar-refractivity contribution in [1.29, 1.82) is 0 Å². The number of carbonyl (C=O) groups is 2. The quantitative estimate of drug-likeness (QED) is 0.282. The zero-order valence-electron chi connectivity index (χ0n) is 20.2. The molecule has 0 bridgehead atoms. The Labute approximate surface area is 192 Å². The summed E-state index contributed by atoms with van der Waals surface area (Å²) in [4.78, 5) is 25.0. The summed E-state index contributed by atoms with van der Waals surface area (Å²) in [5.41, 5.74) is -0.264. The third-order valence-electron chi connectivity index (χ3n) is 5.73. The Kier molecular flexibility index (Phi) is 10.0. The van der Waals surface area contributed by atoms with Gasteiger partial charge in [-0.25, -0.2) is 4.79 Å². The summed E-state index contributed by atoms with van der Waals surface area (Å²) < 4.78 is 16.7. The number of carbonyl (C=O) groups excluding carboxylic acids is 2. The molecular formula is C26H40O6. The predicted molar refractivity (Wildman–Crippen MR) is 124 cm³/mol. The fourth-order valence-electron chi connectivity index (χ4n) is 3.74. The number of esters is 2. The number of unbranched alkanes of at least 4 members (excludes halogenated alkanes) is 9. The monoisotopic (exact) mass is 448 g/mol. The average Bonchev–Trinajstić information content (AvgIpc) is 3.04. The lowest BCUT2D eigenvalue weighted by molar-refractivity contribution is -0.230. The summed E-state index contributed by atoms with van der Waals surface area (Å²) in [7, 11) is 0. The van der Waals surface area contributed by atoms with Crippen molar-refractivity contribution >= 4 is 11.9 Å². The van der Waals surface area contributed by atoms with Crippen molar-refractivity contribution in [1.82, 2.24) is 0 Å². The first-order chi connectivity index (χ1) is 15.2. The van der Waals surface area contributed by atoms with Gasteiger partial charge in [-0.2, -0.15) is 0 Å². The molecule has 1 N–H and O–H groups in total. The molecule has 1 heterocycles. The predicted octanol–water partition coefficient (Wildman–Crippen LogP) is 5.89. The molecule has 6 nitrogen and oxygen atoms in total. The van der Waals surface area contributed by atoms with Crippen molar-refractivity contribution in [3.63, 3.8) is 0 Å². The molecule has 1 atom stereocenters. The maximum absolute atomic E-state index is 12.6. The molecule has 0 amide bonds. The van der Waals surface area contributed by atoms with Gasteiger partial charge in [-0.3, -0.25) is 4.79 Å². The van der Waals surface area contributed by atoms with Crippen LogP contribution < -0.4 is 4.74 Å². The second-order valence-electron chi connectivity index (χ2n) is 9.65. The standard InChI is InChI=1S/C26H40O6/c1-5-6-7-8-9-10-11-12-13-14-18-30-21-17-15-16-20-22(21)23(28)31-26(20,19-27)32-24(29)25(2,3)4/h15-17,27H,5-14,18-19H2,1-4H3/t26-/m1/s1. The minimum absolute atomic E-state index is 0.218. The Morgan fingerprint density at radius 2 is 1.59 bits per heavy atom. The average molecular weight is 449 g/mol. The van der Waals surface area contributed by atoms with Crippen LogP contribution in [0.5, 0.6) is 5.75 Å². The van der Waals surface area contributed by atoms with Crippen LogP contribution in [0.15, 0.2) is 18.2 Å². The fourth-order valence-corrected chi connectivity index (χ4v) is 3.74. The van der Waals surface area contributed by atoms with Crippen LogP contribution in [0.2, 0.25) is 0 Å². The minimum atomic E-state index is -1.83. The summed E-state index contributed by atoms with van der Waals surface area (Å²) in [6.45, 7) is 7.17. The lowest BCUT2D eigenvalue weighted by Crippen LogP contribution is -2.40. The third kappa shape index (κ3) is 6.96. The molecule has 1 aromatic carbocycles. The highest BCUT2D eigenvalue weighted by molar-refractivity contribution is 5.97. The Bertz CT molecular complexity index is 751. The zero-order valence-corrected chi connectivity index (χ0v) is 20.2. The maximum atomic E-state index is 12.6. The molecule has 180 valence electrons. The third-order valence-corrected chi connectivity index (χ3v) is 5.73. The molecule has 0 unspecified atom stereocenters. The molecule has 0 saturated heterocycles. The van der Waals surface area contributed by atoms with E-state index >= 15 is 0 Å². The highest BCUT2D eigenvalue weighted by atomic mass is 16.7. The van der Waals surface area contributed by atoms with E-state index in [9.17, 15) is 14.7 Å². The first-order valence-corrected chi connectivity index (χ1v) is 12.1. The van der Waals surface area contributed by atoms with Crippen molar-refractivity contribution < 1.29 is 28.9 Å². The van der Waals surface area contributed by atoms with E-state index in [1.54, 1.807) is 39.0 Å². The van der Waals surface area contributed by atoms with Gasteiger partial charge in [0.15, 0.2) is 0 Å². The van der Waals surface area contributed by atoms with Crippen LogP contribution in [-0.4, -0.2) is 30.3 Å². The van der Waals surface area contributed by atoms with Crippen LogP contribution in [0.3, 0.4) is 0 Å². The van der Waals surface area contributed by atoms with E-state index in [4.69, 9.17) is 14.2 Å². The molecule has 1 aliphatic heterocycles. The van der Waals surface area contributed by atoms with Gasteiger partial charge < -0.3 is 19.3 Å². The number of cyclic esters (lactones) is 1. The van der Waals surface area contributed by atoms with E-state index in [-0.39, 0.29) is 5.56 Å². The number of aliphatic hydroxyl groups excluding tert-OH is 1. The van der Waals surface area contributed by atoms with Gasteiger partial charge >= 0.3 is 17.7 Å². The SMILES string of the molecule is CCCCCCCCCCCCOc1cccc2c1C(=O)O[C@]2(CO)OC(=O)C(C)(C)C. The maximum Gasteiger partial charge on any atom is 0.346 e. The van der Waals surface area contributed by atoms with Crippen LogP contribution in [0.1, 0.15) is 108 Å². The molecule has 1 aliphatic rings. The molecule has 0 spiro atoms. The molecule has 0 fully saturated rings. The second kappa shape index (κ2) is 12.2. The summed E-state index contributed by atoms with van der Waals surface area (Å²) >= 11 is 0. The molecule has 6 heteroatoms. The highest BCUT2D eigenvalue weighted by Gasteiger charge is 2.51. The van der Waals surface area contributed by atoms with E-state index in [0.717, 1.165) is 12.8 Å². The van der Waals surface area contributed by atoms with Crippen molar-refractivity contribution in [2.45, 2.75) is 97.7 Å². The molecule has 2 rings (SSSR count). The lowest BCUT2D eigenvalue weighted by Gasteiger charge is -2.29. The van der Waals surface area contributed by atoms with E-state index in [1.807, 2.05) is 0 Å². The number of aliphatic hydroxyl groups is 1. The van der Waals surface area contributed by atoms with Crippen LogP contribution in [0, 0.1) is 5.41 Å². The topological polar surface area (TPSA) is 82.1 Å². The molecule has 0 aromatic heterocycles. The van der Waals surface area contributed by atoms with Crippen molar-refractivity contribution in [3.05, 3.63) is 29.3 Å². The van der Waals surface area contributed by atoms with Crippen LogP contribution in [0.25, 0.3) is 0 Å². The van der Waals surface area contributed by atoms with Gasteiger partial charge in [0.1, 0.15) is 17.9 Å². The smallest absolute Gasteiger partial charge is 0.346 e. The van der Waals surface area contributed by atoms with E-state index in [2.05, 4.69) is 6.92 Å². The number of benzene rings is 1. The van der Waals surface area contributed by atoms with E-state index in [1.165, 1.54) is 51.4 Å². The van der Waals surface area contributed by atoms with Gasteiger partial charge in [-0.05, 0) is 39.3 Å². The first-order valence-electron chi connectivity index (χ1n) is 12.1. The Balaban J connectivity index is 1.87. The molecule has 32 heavy (non-hydrogen) atoms. The molecule has 0 saturated carbocycles. The van der Waals surface area contributed by atoms with Gasteiger partial charge in [0.25, 0.3) is 0 Å². The van der Waals surface area contributed by atoms with Crippen LogP contribution >= 0.6 is 0 Å². The first kappa shape index (κ1) is 26.2. The number of ether oxygens (including phenoxy) is 3. The van der Waals surface area contributed by atoms with Gasteiger partial charge in [-0.15, -0.1) is 0 Å². The largest absolute Gasteiger partial charge is 0.493 e. The van der Waals surface area contributed by atoms with E-state index in [0.29, 0.717) is 17.9 Å². The van der Waals surface area contributed by atoms with Crippen molar-refractivity contribution in [2.75, 3.05) is 13.2 Å². The van der Waals surface area contributed by atoms with Crippen molar-refractivity contribution in [2.24, 2.45) is 5.41 Å². The van der Waals surface area contributed by atoms with Gasteiger partial charge in [0.2, 0.25) is 0 Å². The second-order valence-corrected chi connectivity index (χ2v) is 9.65. The molecule has 0 aliphatic carbocycles. The van der Waals surface area contributed by atoms with Crippen LogP contribution in [-0.2, 0) is 20.1 Å². The van der Waals surface area contributed by atoms with Crippen LogP contribution in [0.4, 0.5) is 0 Å². The molecular weight excluding hydrogens is 408 g/mol. The minimum Gasteiger partial charge on any atom is -0.493 e. The zero-order chi connectivity index (χ0) is 23.6. The van der Waals surface area contributed by atoms with E-state index < -0.39 is 29.7 Å². The Morgan fingerprint density at radius 1 is 1.00 bits per heavy atom. The lowest BCUT2D eigenvalue weighted by atomic mass is 9.96. The Morgan fingerprint density at radius 3 is 2.16 bits per heavy atom. The van der Waals surface area contributed by atoms with Gasteiger partial charge in [-0.1, -0.05) is 70.8 Å². The van der Waals surface area contributed by atoms with Gasteiger partial charge in [0.05, 0.1) is 17.6 Å². The molecule has 1 aromatic rings. The number of hydrogen-bond donors (Lipinski definition) is 1. The molecule has 0 radical (unpaired) electrons.